The highest BCUT2D eigenvalue weighted by molar-refractivity contribution is 5.33. The minimum atomic E-state index is 0.247. The van der Waals surface area contributed by atoms with Gasteiger partial charge in [0.1, 0.15) is 5.75 Å². The lowest BCUT2D eigenvalue weighted by Crippen LogP contribution is -2.02. The van der Waals surface area contributed by atoms with Gasteiger partial charge < -0.3 is 9.84 Å². The van der Waals surface area contributed by atoms with Crippen LogP contribution in [0.15, 0.2) is 24.3 Å². The number of para-hydroxylation sites is 1. The van der Waals surface area contributed by atoms with Crippen molar-refractivity contribution < 1.29 is 9.84 Å². The van der Waals surface area contributed by atoms with Gasteiger partial charge in [0.25, 0.3) is 0 Å². The third-order valence-corrected chi connectivity index (χ3v) is 2.75. The van der Waals surface area contributed by atoms with Crippen LogP contribution >= 0.6 is 0 Å². The Hall–Kier alpha value is -1.02. The van der Waals surface area contributed by atoms with Gasteiger partial charge in [-0.15, -0.1) is 0 Å². The van der Waals surface area contributed by atoms with Crippen LogP contribution in [0.5, 0.6) is 5.75 Å². The highest BCUT2D eigenvalue weighted by Crippen LogP contribution is 2.30. The molecule has 1 fully saturated rings. The number of benzene rings is 1. The Bertz CT molecular complexity index is 305. The Balaban J connectivity index is 1.93. The summed E-state index contributed by atoms with van der Waals surface area (Å²) in [5, 5.41) is 8.81. The summed E-state index contributed by atoms with van der Waals surface area (Å²) >= 11 is 0. The highest BCUT2D eigenvalue weighted by atomic mass is 16.5. The molecule has 0 heterocycles. The summed E-state index contributed by atoms with van der Waals surface area (Å²) in [5.41, 5.74) is 1.22. The van der Waals surface area contributed by atoms with Gasteiger partial charge in [0, 0.05) is 6.61 Å². The Labute approximate surface area is 90.9 Å². The van der Waals surface area contributed by atoms with Crippen LogP contribution in [0.4, 0.5) is 0 Å². The van der Waals surface area contributed by atoms with E-state index in [-0.39, 0.29) is 6.61 Å². The van der Waals surface area contributed by atoms with E-state index in [1.807, 2.05) is 18.2 Å². The molecule has 1 saturated carbocycles. The molecule has 1 N–H and O–H groups in total. The number of rotatable bonds is 6. The first-order chi connectivity index (χ1) is 7.40. The zero-order valence-electron chi connectivity index (χ0n) is 8.98. The summed E-state index contributed by atoms with van der Waals surface area (Å²) in [5.74, 6) is 1.79. The van der Waals surface area contributed by atoms with Crippen molar-refractivity contribution in [2.45, 2.75) is 25.7 Å². The molecule has 0 spiro atoms. The number of ether oxygens (including phenoxy) is 1. The average Bonchev–Trinajstić information content (AvgIpc) is 3.08. The molecule has 82 valence electrons. The molecule has 15 heavy (non-hydrogen) atoms. The minimum absolute atomic E-state index is 0.247. The van der Waals surface area contributed by atoms with Gasteiger partial charge in [0.15, 0.2) is 0 Å². The van der Waals surface area contributed by atoms with Crippen LogP contribution in [0, 0.1) is 5.92 Å². The third kappa shape index (κ3) is 3.24. The van der Waals surface area contributed by atoms with Crippen molar-refractivity contribution >= 4 is 0 Å². The number of hydrogen-bond acceptors (Lipinski definition) is 2. The number of aliphatic hydroxyl groups is 1. The van der Waals surface area contributed by atoms with Crippen molar-refractivity contribution in [2.75, 3.05) is 13.2 Å². The number of hydrogen-bond donors (Lipinski definition) is 1. The topological polar surface area (TPSA) is 29.5 Å². The zero-order chi connectivity index (χ0) is 10.5. The van der Waals surface area contributed by atoms with Gasteiger partial charge in [-0.05, 0) is 43.2 Å². The fraction of sp³-hybridized carbons (Fsp3) is 0.538. The van der Waals surface area contributed by atoms with Crippen LogP contribution in [0.1, 0.15) is 24.8 Å². The number of aliphatic hydroxyl groups excluding tert-OH is 1. The highest BCUT2D eigenvalue weighted by Gasteiger charge is 2.22. The van der Waals surface area contributed by atoms with Crippen LogP contribution in [0.2, 0.25) is 0 Å². The van der Waals surface area contributed by atoms with E-state index in [1.54, 1.807) is 0 Å². The monoisotopic (exact) mass is 206 g/mol. The Morgan fingerprint density at radius 2 is 2.07 bits per heavy atom. The molecule has 2 heteroatoms. The molecule has 0 saturated heterocycles. The molecule has 0 atom stereocenters. The van der Waals surface area contributed by atoms with E-state index in [1.165, 1.54) is 18.4 Å². The normalized spacial score (nSPS) is 15.3. The Morgan fingerprint density at radius 3 is 2.80 bits per heavy atom. The van der Waals surface area contributed by atoms with Gasteiger partial charge >= 0.3 is 0 Å². The molecule has 1 aliphatic carbocycles. The molecule has 0 aromatic heterocycles. The molecule has 0 radical (unpaired) electrons. The van der Waals surface area contributed by atoms with E-state index in [2.05, 4.69) is 6.07 Å². The fourth-order valence-corrected chi connectivity index (χ4v) is 1.61. The van der Waals surface area contributed by atoms with Gasteiger partial charge in [-0.3, -0.25) is 0 Å². The molecule has 0 amide bonds. The van der Waals surface area contributed by atoms with Crippen molar-refractivity contribution in [1.29, 1.82) is 0 Å². The second-order valence-corrected chi connectivity index (χ2v) is 4.19. The average molecular weight is 206 g/mol. The third-order valence-electron chi connectivity index (χ3n) is 2.75. The maximum Gasteiger partial charge on any atom is 0.122 e. The first kappa shape index (κ1) is 10.5. The molecule has 2 rings (SSSR count). The quantitative estimate of drug-likeness (QED) is 0.774. The summed E-state index contributed by atoms with van der Waals surface area (Å²) in [4.78, 5) is 0. The van der Waals surface area contributed by atoms with Crippen molar-refractivity contribution in [3.63, 3.8) is 0 Å². The molecule has 2 nitrogen and oxygen atoms in total. The number of aryl methyl sites for hydroxylation is 1. The molecule has 0 aliphatic heterocycles. The smallest absolute Gasteiger partial charge is 0.122 e. The summed E-state index contributed by atoms with van der Waals surface area (Å²) in [6, 6.07) is 8.13. The molecular formula is C13H18O2. The van der Waals surface area contributed by atoms with E-state index >= 15 is 0 Å². The first-order valence-corrected chi connectivity index (χ1v) is 5.71. The standard InChI is InChI=1S/C13H18O2/c14-9-3-5-12-4-1-2-6-13(12)15-10-11-7-8-11/h1-2,4,6,11,14H,3,5,7-10H2. The van der Waals surface area contributed by atoms with Crippen molar-refractivity contribution in [1.82, 2.24) is 0 Å². The van der Waals surface area contributed by atoms with E-state index < -0.39 is 0 Å². The largest absolute Gasteiger partial charge is 0.493 e. The fourth-order valence-electron chi connectivity index (χ4n) is 1.61. The maximum atomic E-state index is 8.81. The van der Waals surface area contributed by atoms with Crippen molar-refractivity contribution in [3.8, 4) is 5.75 Å². The van der Waals surface area contributed by atoms with Crippen LogP contribution in [-0.2, 0) is 6.42 Å². The molecule has 0 bridgehead atoms. The lowest BCUT2D eigenvalue weighted by atomic mass is 10.1. The molecule has 0 unspecified atom stereocenters. The lowest BCUT2D eigenvalue weighted by molar-refractivity contribution is 0.282. The van der Waals surface area contributed by atoms with Crippen LogP contribution in [0.25, 0.3) is 0 Å². The van der Waals surface area contributed by atoms with Gasteiger partial charge in [-0.25, -0.2) is 0 Å². The van der Waals surface area contributed by atoms with Crippen LogP contribution in [-0.4, -0.2) is 18.3 Å². The molecule has 1 aliphatic rings. The lowest BCUT2D eigenvalue weighted by Gasteiger charge is -2.10. The second-order valence-electron chi connectivity index (χ2n) is 4.19. The Morgan fingerprint density at radius 1 is 1.27 bits per heavy atom. The predicted octanol–water partition coefficient (Wildman–Crippen LogP) is 2.40. The maximum absolute atomic E-state index is 8.81. The molecular weight excluding hydrogens is 188 g/mol. The summed E-state index contributed by atoms with van der Waals surface area (Å²) in [7, 11) is 0. The summed E-state index contributed by atoms with van der Waals surface area (Å²) in [6.45, 7) is 1.10. The molecule has 1 aromatic carbocycles. The first-order valence-electron chi connectivity index (χ1n) is 5.71. The van der Waals surface area contributed by atoms with Gasteiger partial charge in [0.2, 0.25) is 0 Å². The van der Waals surface area contributed by atoms with E-state index in [0.717, 1.165) is 31.1 Å². The van der Waals surface area contributed by atoms with Gasteiger partial charge in [0.05, 0.1) is 6.61 Å². The predicted molar refractivity (Wildman–Crippen MR) is 60.1 cm³/mol. The minimum Gasteiger partial charge on any atom is -0.493 e. The van der Waals surface area contributed by atoms with Crippen LogP contribution < -0.4 is 4.74 Å². The zero-order valence-corrected chi connectivity index (χ0v) is 8.98. The van der Waals surface area contributed by atoms with Crippen molar-refractivity contribution in [3.05, 3.63) is 29.8 Å². The second kappa shape index (κ2) is 5.17. The van der Waals surface area contributed by atoms with E-state index in [4.69, 9.17) is 9.84 Å². The van der Waals surface area contributed by atoms with Crippen molar-refractivity contribution in [2.24, 2.45) is 5.92 Å². The summed E-state index contributed by atoms with van der Waals surface area (Å²) in [6.07, 6.45) is 4.35. The molecule has 1 aromatic rings. The van der Waals surface area contributed by atoms with Gasteiger partial charge in [-0.2, -0.15) is 0 Å². The van der Waals surface area contributed by atoms with Crippen LogP contribution in [0.3, 0.4) is 0 Å². The van der Waals surface area contributed by atoms with E-state index in [0.29, 0.717) is 0 Å². The SMILES string of the molecule is OCCCc1ccccc1OCC1CC1. The van der Waals surface area contributed by atoms with E-state index in [9.17, 15) is 0 Å². The van der Waals surface area contributed by atoms with Gasteiger partial charge in [-0.1, -0.05) is 18.2 Å². The summed E-state index contributed by atoms with van der Waals surface area (Å²) < 4.78 is 5.78. The Kier molecular flexibility index (Phi) is 3.62.